The van der Waals surface area contributed by atoms with Crippen LogP contribution >= 0.6 is 0 Å². The maximum atomic E-state index is 12.5. The molecule has 3 rings (SSSR count). The Bertz CT molecular complexity index is 974. The number of hydrogen-bond acceptors (Lipinski definition) is 5. The van der Waals surface area contributed by atoms with Crippen molar-refractivity contribution in [3.05, 3.63) is 72.3 Å². The minimum Gasteiger partial charge on any atom is -0.508 e. The van der Waals surface area contributed by atoms with E-state index >= 15 is 0 Å². The molecule has 0 heterocycles. The number of nitrogens with two attached hydrogens (primary N) is 1. The van der Waals surface area contributed by atoms with Crippen LogP contribution in [0.3, 0.4) is 0 Å². The average molecular weight is 408 g/mol. The second-order valence-corrected chi connectivity index (χ2v) is 8.29. The number of hydrogen-bond donors (Lipinski definition) is 2. The van der Waals surface area contributed by atoms with E-state index in [1.54, 1.807) is 37.4 Å². The van der Waals surface area contributed by atoms with Gasteiger partial charge < -0.3 is 20.3 Å². The molecule has 0 bridgehead atoms. The molecule has 158 valence electrons. The molecule has 6 nitrogen and oxygen atoms in total. The number of amides is 1. The second kappa shape index (κ2) is 8.14. The first-order valence-corrected chi connectivity index (χ1v) is 9.79. The molecule has 30 heavy (non-hydrogen) atoms. The summed E-state index contributed by atoms with van der Waals surface area (Å²) in [6, 6.07) is 12.2. The number of carbonyl (C=O) groups is 1. The summed E-state index contributed by atoms with van der Waals surface area (Å²) in [5.74, 6) is 0.751. The fourth-order valence-corrected chi connectivity index (χ4v) is 3.21. The molecule has 0 aromatic heterocycles. The number of phenols is 1. The highest BCUT2D eigenvalue weighted by Gasteiger charge is 2.32. The predicted molar refractivity (Wildman–Crippen MR) is 119 cm³/mol. The molecule has 1 amide bonds. The minimum absolute atomic E-state index is 0.193. The minimum atomic E-state index is -0.736. The Kier molecular flexibility index (Phi) is 5.78. The molecule has 0 fully saturated rings. The predicted octanol–water partition coefficient (Wildman–Crippen LogP) is 5.14. The van der Waals surface area contributed by atoms with Crippen LogP contribution in [0, 0.1) is 0 Å². The number of anilines is 2. The molecule has 0 saturated carbocycles. The highest BCUT2D eigenvalue weighted by Crippen LogP contribution is 2.38. The molecular formula is C24H28N2O4. The summed E-state index contributed by atoms with van der Waals surface area (Å²) in [5.41, 5.74) is 6.62. The summed E-state index contributed by atoms with van der Waals surface area (Å²) in [4.78, 5) is 13.9. The zero-order valence-corrected chi connectivity index (χ0v) is 17.8. The molecule has 0 radical (unpaired) electrons. The second-order valence-electron chi connectivity index (χ2n) is 8.29. The van der Waals surface area contributed by atoms with E-state index in [9.17, 15) is 9.90 Å². The van der Waals surface area contributed by atoms with Gasteiger partial charge in [-0.05, 0) is 56.7 Å². The van der Waals surface area contributed by atoms with Crippen LogP contribution in [-0.4, -0.2) is 23.8 Å². The summed E-state index contributed by atoms with van der Waals surface area (Å²) in [6.07, 6.45) is 8.02. The van der Waals surface area contributed by atoms with Gasteiger partial charge in [-0.25, -0.2) is 4.79 Å². The number of aromatic hydroxyl groups is 1. The quantitative estimate of drug-likeness (QED) is 0.685. The molecule has 3 N–H and O–H groups in total. The number of nitrogen functional groups attached to an aromatic ring is 1. The summed E-state index contributed by atoms with van der Waals surface area (Å²) in [5, 5.41) is 9.65. The van der Waals surface area contributed by atoms with Crippen LogP contribution in [0.25, 0.3) is 0 Å². The molecule has 0 aliphatic heterocycles. The molecule has 2 aromatic carbocycles. The van der Waals surface area contributed by atoms with Crippen molar-refractivity contribution in [2.75, 3.05) is 17.7 Å². The van der Waals surface area contributed by atoms with Gasteiger partial charge in [0.2, 0.25) is 0 Å². The van der Waals surface area contributed by atoms with E-state index in [1.807, 2.05) is 57.2 Å². The van der Waals surface area contributed by atoms with Crippen molar-refractivity contribution in [1.29, 1.82) is 0 Å². The first-order valence-electron chi connectivity index (χ1n) is 9.79. The van der Waals surface area contributed by atoms with Gasteiger partial charge in [-0.1, -0.05) is 30.4 Å². The van der Waals surface area contributed by atoms with Crippen LogP contribution in [0.1, 0.15) is 32.8 Å². The Morgan fingerprint density at radius 2 is 1.83 bits per heavy atom. The zero-order chi connectivity index (χ0) is 21.9. The first kappa shape index (κ1) is 21.3. The Labute approximate surface area is 177 Å². The standard InChI is InChI=1S/C24H28N2O4/c1-23(2,3)30-22(28)26(4)21-16-19(12-13-20(21)25)29-24(14-6-5-7-15-24)17-8-10-18(27)11-9-17/h5-14,16,27H,15,25H2,1-4H3. The van der Waals surface area contributed by atoms with Gasteiger partial charge in [0.25, 0.3) is 0 Å². The van der Waals surface area contributed by atoms with Gasteiger partial charge in [-0.15, -0.1) is 0 Å². The molecule has 0 spiro atoms. The normalized spacial score (nSPS) is 18.1. The number of allylic oxidation sites excluding steroid dienone is 2. The van der Waals surface area contributed by atoms with Crippen molar-refractivity contribution in [3.8, 4) is 11.5 Å². The fraction of sp³-hybridized carbons (Fsp3) is 0.292. The summed E-state index contributed by atoms with van der Waals surface area (Å²) in [6.45, 7) is 5.43. The van der Waals surface area contributed by atoms with Gasteiger partial charge in [0.1, 0.15) is 17.1 Å². The fourth-order valence-electron chi connectivity index (χ4n) is 3.21. The van der Waals surface area contributed by atoms with E-state index in [4.69, 9.17) is 15.2 Å². The van der Waals surface area contributed by atoms with Gasteiger partial charge >= 0.3 is 6.09 Å². The molecule has 2 aromatic rings. The van der Waals surface area contributed by atoms with E-state index in [1.165, 1.54) is 4.90 Å². The van der Waals surface area contributed by atoms with Crippen molar-refractivity contribution in [1.82, 2.24) is 0 Å². The lowest BCUT2D eigenvalue weighted by atomic mass is 9.87. The van der Waals surface area contributed by atoms with E-state index in [2.05, 4.69) is 0 Å². The average Bonchev–Trinajstić information content (AvgIpc) is 2.69. The zero-order valence-electron chi connectivity index (χ0n) is 17.8. The topological polar surface area (TPSA) is 85.0 Å². The van der Waals surface area contributed by atoms with E-state index in [-0.39, 0.29) is 5.75 Å². The molecular weight excluding hydrogens is 380 g/mol. The van der Waals surface area contributed by atoms with Crippen LogP contribution in [0.2, 0.25) is 0 Å². The number of nitrogens with zero attached hydrogens (tertiary/aromatic N) is 1. The van der Waals surface area contributed by atoms with Crippen LogP contribution in [-0.2, 0) is 10.3 Å². The Morgan fingerprint density at radius 3 is 2.43 bits per heavy atom. The number of phenolic OH excluding ortho intramolecular Hbond substituents is 1. The number of rotatable bonds is 4. The summed E-state index contributed by atoms with van der Waals surface area (Å²) in [7, 11) is 1.61. The maximum absolute atomic E-state index is 12.5. The van der Waals surface area contributed by atoms with Crippen molar-refractivity contribution in [3.63, 3.8) is 0 Å². The van der Waals surface area contributed by atoms with Crippen LogP contribution in [0.5, 0.6) is 11.5 Å². The Morgan fingerprint density at radius 1 is 1.13 bits per heavy atom. The molecule has 0 saturated heterocycles. The van der Waals surface area contributed by atoms with E-state index < -0.39 is 17.3 Å². The summed E-state index contributed by atoms with van der Waals surface area (Å²) < 4.78 is 11.9. The highest BCUT2D eigenvalue weighted by molar-refractivity contribution is 5.91. The smallest absolute Gasteiger partial charge is 0.414 e. The highest BCUT2D eigenvalue weighted by atomic mass is 16.6. The molecule has 1 unspecified atom stereocenters. The number of carbonyl (C=O) groups excluding carboxylic acids is 1. The van der Waals surface area contributed by atoms with Crippen LogP contribution in [0.4, 0.5) is 16.2 Å². The van der Waals surface area contributed by atoms with Gasteiger partial charge in [-0.2, -0.15) is 0 Å². The van der Waals surface area contributed by atoms with Gasteiger partial charge in [0.05, 0.1) is 11.4 Å². The Hall–Kier alpha value is -3.41. The third kappa shape index (κ3) is 4.76. The van der Waals surface area contributed by atoms with Crippen molar-refractivity contribution < 1.29 is 19.4 Å². The third-order valence-electron chi connectivity index (χ3n) is 4.72. The van der Waals surface area contributed by atoms with Crippen molar-refractivity contribution in [2.24, 2.45) is 0 Å². The van der Waals surface area contributed by atoms with Gasteiger partial charge in [0, 0.05) is 19.5 Å². The van der Waals surface area contributed by atoms with Crippen LogP contribution in [0.15, 0.2) is 66.8 Å². The van der Waals surface area contributed by atoms with E-state index in [0.29, 0.717) is 23.5 Å². The largest absolute Gasteiger partial charge is 0.508 e. The number of ether oxygens (including phenoxy) is 2. The monoisotopic (exact) mass is 408 g/mol. The lowest BCUT2D eigenvalue weighted by Gasteiger charge is -2.33. The third-order valence-corrected chi connectivity index (χ3v) is 4.72. The molecule has 1 atom stereocenters. The maximum Gasteiger partial charge on any atom is 0.414 e. The SMILES string of the molecule is CN(C(=O)OC(C)(C)C)c1cc(OC2(c3ccc(O)cc3)C=CC=CC2)ccc1N. The number of benzene rings is 2. The molecule has 1 aliphatic rings. The Balaban J connectivity index is 1.92. The molecule has 6 heteroatoms. The molecule has 1 aliphatic carbocycles. The van der Waals surface area contributed by atoms with Crippen molar-refractivity contribution >= 4 is 17.5 Å². The van der Waals surface area contributed by atoms with Gasteiger partial charge in [-0.3, -0.25) is 4.90 Å². The van der Waals surface area contributed by atoms with Gasteiger partial charge in [0.15, 0.2) is 5.60 Å². The first-order chi connectivity index (χ1) is 14.1. The van der Waals surface area contributed by atoms with Crippen molar-refractivity contribution in [2.45, 2.75) is 38.4 Å². The lowest BCUT2D eigenvalue weighted by Crippen LogP contribution is -2.34. The summed E-state index contributed by atoms with van der Waals surface area (Å²) >= 11 is 0. The lowest BCUT2D eigenvalue weighted by molar-refractivity contribution is 0.0589. The van der Waals surface area contributed by atoms with Crippen LogP contribution < -0.4 is 15.4 Å². The van der Waals surface area contributed by atoms with E-state index in [0.717, 1.165) is 5.56 Å².